The highest BCUT2D eigenvalue weighted by molar-refractivity contribution is 5.83. The molecule has 1 N–H and O–H groups in total. The van der Waals surface area contributed by atoms with Gasteiger partial charge in [0.15, 0.2) is 0 Å². The number of ether oxygens (including phenoxy) is 1. The summed E-state index contributed by atoms with van der Waals surface area (Å²) in [6.07, 6.45) is 0. The van der Waals surface area contributed by atoms with Crippen LogP contribution in [0.5, 0.6) is 0 Å². The van der Waals surface area contributed by atoms with Crippen LogP contribution in [0, 0.1) is 0 Å². The van der Waals surface area contributed by atoms with Crippen molar-refractivity contribution in [2.45, 2.75) is 19.9 Å². The van der Waals surface area contributed by atoms with E-state index in [1.54, 1.807) is 14.0 Å². The van der Waals surface area contributed by atoms with Gasteiger partial charge < -0.3 is 15.0 Å². The van der Waals surface area contributed by atoms with E-state index in [0.717, 1.165) is 0 Å². The van der Waals surface area contributed by atoms with Crippen LogP contribution in [0.1, 0.15) is 13.8 Å². The van der Waals surface area contributed by atoms with Crippen LogP contribution in [0.4, 0.5) is 4.79 Å². The monoisotopic (exact) mass is 188 g/mol. The highest BCUT2D eigenvalue weighted by Gasteiger charge is 2.16. The Morgan fingerprint density at radius 1 is 1.54 bits per heavy atom. The van der Waals surface area contributed by atoms with E-state index in [-0.39, 0.29) is 6.03 Å². The average Bonchev–Trinajstić information content (AvgIpc) is 2.14. The largest absolute Gasteiger partial charge is 0.467 e. The van der Waals surface area contributed by atoms with Gasteiger partial charge in [-0.05, 0) is 13.8 Å². The SMILES string of the molecule is CCN(C)C(=O)NC(C)C(=O)OC. The maximum absolute atomic E-state index is 11.2. The molecule has 0 fully saturated rings. The van der Waals surface area contributed by atoms with Crippen LogP contribution in [0.3, 0.4) is 0 Å². The predicted molar refractivity (Wildman–Crippen MR) is 48.3 cm³/mol. The van der Waals surface area contributed by atoms with Gasteiger partial charge in [-0.1, -0.05) is 0 Å². The van der Waals surface area contributed by atoms with E-state index < -0.39 is 12.0 Å². The molecule has 5 nitrogen and oxygen atoms in total. The van der Waals surface area contributed by atoms with Gasteiger partial charge in [-0.2, -0.15) is 0 Å². The second kappa shape index (κ2) is 5.40. The van der Waals surface area contributed by atoms with E-state index in [1.165, 1.54) is 12.0 Å². The second-order valence-corrected chi connectivity index (χ2v) is 2.71. The van der Waals surface area contributed by atoms with Gasteiger partial charge in [-0.15, -0.1) is 0 Å². The lowest BCUT2D eigenvalue weighted by atomic mass is 10.3. The van der Waals surface area contributed by atoms with Crippen molar-refractivity contribution in [2.75, 3.05) is 20.7 Å². The van der Waals surface area contributed by atoms with Crippen molar-refractivity contribution in [1.29, 1.82) is 0 Å². The number of hydrogen-bond donors (Lipinski definition) is 1. The zero-order valence-electron chi connectivity index (χ0n) is 8.46. The molecule has 0 aliphatic heterocycles. The number of carbonyl (C=O) groups is 2. The minimum atomic E-state index is -0.605. The van der Waals surface area contributed by atoms with Crippen LogP contribution in [-0.2, 0) is 9.53 Å². The third-order valence-corrected chi connectivity index (χ3v) is 1.72. The Hall–Kier alpha value is -1.26. The molecule has 0 bridgehead atoms. The molecule has 0 aromatic carbocycles. The molecule has 0 rings (SSSR count). The van der Waals surface area contributed by atoms with E-state index in [1.807, 2.05) is 6.92 Å². The Balaban J connectivity index is 3.98. The maximum atomic E-state index is 11.2. The number of nitrogens with one attached hydrogen (secondary N) is 1. The number of hydrogen-bond acceptors (Lipinski definition) is 3. The molecule has 5 heteroatoms. The Labute approximate surface area is 78.0 Å². The summed E-state index contributed by atoms with van der Waals surface area (Å²) in [7, 11) is 2.94. The summed E-state index contributed by atoms with van der Waals surface area (Å²) in [4.78, 5) is 23.6. The van der Waals surface area contributed by atoms with Gasteiger partial charge in [0, 0.05) is 13.6 Å². The molecule has 0 aliphatic carbocycles. The van der Waals surface area contributed by atoms with Crippen molar-refractivity contribution >= 4 is 12.0 Å². The summed E-state index contributed by atoms with van der Waals surface area (Å²) in [5.74, 6) is -0.446. The van der Waals surface area contributed by atoms with E-state index in [2.05, 4.69) is 10.1 Å². The first-order chi connectivity index (χ1) is 6.02. The highest BCUT2D eigenvalue weighted by Crippen LogP contribution is 1.89. The van der Waals surface area contributed by atoms with Crippen LogP contribution < -0.4 is 5.32 Å². The van der Waals surface area contributed by atoms with Crippen molar-refractivity contribution in [3.63, 3.8) is 0 Å². The lowest BCUT2D eigenvalue weighted by Gasteiger charge is -2.18. The van der Waals surface area contributed by atoms with Crippen molar-refractivity contribution in [2.24, 2.45) is 0 Å². The summed E-state index contributed by atoms with van der Waals surface area (Å²) >= 11 is 0. The standard InChI is InChI=1S/C8H16N2O3/c1-5-10(3)8(12)9-6(2)7(11)13-4/h6H,5H2,1-4H3,(H,9,12). The molecule has 0 heterocycles. The molecule has 0 aromatic heterocycles. The fourth-order valence-electron chi connectivity index (χ4n) is 0.675. The summed E-state index contributed by atoms with van der Waals surface area (Å²) in [5, 5.41) is 2.49. The zero-order valence-corrected chi connectivity index (χ0v) is 8.46. The fraction of sp³-hybridized carbons (Fsp3) is 0.750. The third kappa shape index (κ3) is 3.78. The van der Waals surface area contributed by atoms with Gasteiger partial charge in [-0.3, -0.25) is 0 Å². The normalized spacial score (nSPS) is 11.7. The number of methoxy groups -OCH3 is 1. The first-order valence-corrected chi connectivity index (χ1v) is 4.12. The van der Waals surface area contributed by atoms with E-state index in [9.17, 15) is 9.59 Å². The van der Waals surface area contributed by atoms with Crippen LogP contribution in [0.2, 0.25) is 0 Å². The van der Waals surface area contributed by atoms with Crippen LogP contribution in [0.25, 0.3) is 0 Å². The van der Waals surface area contributed by atoms with Crippen LogP contribution in [0.15, 0.2) is 0 Å². The topological polar surface area (TPSA) is 58.6 Å². The molecule has 0 saturated heterocycles. The van der Waals surface area contributed by atoms with Gasteiger partial charge in [0.1, 0.15) is 6.04 Å². The molecular weight excluding hydrogens is 172 g/mol. The number of amides is 2. The molecule has 1 atom stereocenters. The Kier molecular flexibility index (Phi) is 4.87. The molecule has 0 spiro atoms. The Morgan fingerprint density at radius 2 is 2.08 bits per heavy atom. The molecule has 0 saturated carbocycles. The minimum Gasteiger partial charge on any atom is -0.467 e. The molecule has 0 aromatic rings. The van der Waals surface area contributed by atoms with E-state index >= 15 is 0 Å². The lowest BCUT2D eigenvalue weighted by Crippen LogP contribution is -2.45. The second-order valence-electron chi connectivity index (χ2n) is 2.71. The van der Waals surface area contributed by atoms with Crippen molar-refractivity contribution in [3.8, 4) is 0 Å². The maximum Gasteiger partial charge on any atom is 0.328 e. The first-order valence-electron chi connectivity index (χ1n) is 4.12. The quantitative estimate of drug-likeness (QED) is 0.644. The van der Waals surface area contributed by atoms with Gasteiger partial charge in [-0.25, -0.2) is 9.59 Å². The molecule has 2 amide bonds. The van der Waals surface area contributed by atoms with E-state index in [4.69, 9.17) is 0 Å². The smallest absolute Gasteiger partial charge is 0.328 e. The summed E-state index contributed by atoms with van der Waals surface area (Å²) in [6.45, 7) is 4.02. The summed E-state index contributed by atoms with van der Waals surface area (Å²) in [5.41, 5.74) is 0. The third-order valence-electron chi connectivity index (χ3n) is 1.72. The van der Waals surface area contributed by atoms with Gasteiger partial charge in [0.25, 0.3) is 0 Å². The predicted octanol–water partition coefficient (Wildman–Crippen LogP) is 0.209. The van der Waals surface area contributed by atoms with Crippen LogP contribution in [-0.4, -0.2) is 43.6 Å². The highest BCUT2D eigenvalue weighted by atomic mass is 16.5. The zero-order chi connectivity index (χ0) is 10.4. The number of urea groups is 1. The van der Waals surface area contributed by atoms with Crippen LogP contribution >= 0.6 is 0 Å². The Bertz CT molecular complexity index is 194. The van der Waals surface area contributed by atoms with Gasteiger partial charge >= 0.3 is 12.0 Å². The Morgan fingerprint density at radius 3 is 2.46 bits per heavy atom. The van der Waals surface area contributed by atoms with E-state index in [0.29, 0.717) is 6.54 Å². The molecule has 13 heavy (non-hydrogen) atoms. The number of esters is 1. The molecule has 76 valence electrons. The molecule has 0 radical (unpaired) electrons. The molecule has 0 aliphatic rings. The average molecular weight is 188 g/mol. The summed E-state index contributed by atoms with van der Waals surface area (Å²) in [6, 6.07) is -0.883. The number of nitrogens with zero attached hydrogens (tertiary/aromatic N) is 1. The van der Waals surface area contributed by atoms with Crippen molar-refractivity contribution in [1.82, 2.24) is 10.2 Å². The van der Waals surface area contributed by atoms with Gasteiger partial charge in [0.05, 0.1) is 7.11 Å². The fourth-order valence-corrected chi connectivity index (χ4v) is 0.675. The van der Waals surface area contributed by atoms with Crippen molar-refractivity contribution < 1.29 is 14.3 Å². The first kappa shape index (κ1) is 11.7. The van der Waals surface area contributed by atoms with Crippen molar-refractivity contribution in [3.05, 3.63) is 0 Å². The summed E-state index contributed by atoms with van der Waals surface area (Å²) < 4.78 is 4.45. The van der Waals surface area contributed by atoms with Gasteiger partial charge in [0.2, 0.25) is 0 Å². The molecular formula is C8H16N2O3. The number of carbonyl (C=O) groups excluding carboxylic acids is 2. The number of rotatable bonds is 3. The lowest BCUT2D eigenvalue weighted by molar-refractivity contribution is -0.142. The molecule has 1 unspecified atom stereocenters. The minimum absolute atomic E-state index is 0.277.